The van der Waals surface area contributed by atoms with E-state index in [0.29, 0.717) is 18.5 Å². The summed E-state index contributed by atoms with van der Waals surface area (Å²) in [6.45, 7) is 11.3. The topological polar surface area (TPSA) is 57.0 Å². The zero-order valence-corrected chi connectivity index (χ0v) is 13.2. The lowest BCUT2D eigenvalue weighted by molar-refractivity contribution is -0.00550. The molecule has 0 saturated carbocycles. The first-order valence-corrected chi connectivity index (χ1v) is 8.00. The molecule has 0 aromatic rings. The van der Waals surface area contributed by atoms with Gasteiger partial charge in [0.05, 0.1) is 19.8 Å². The number of rotatable bonds is 11. The van der Waals surface area contributed by atoms with E-state index < -0.39 is 0 Å². The van der Waals surface area contributed by atoms with Gasteiger partial charge >= 0.3 is 0 Å². The van der Waals surface area contributed by atoms with Crippen LogP contribution in [0, 0.1) is 5.92 Å². The molecule has 0 spiro atoms. The van der Waals surface area contributed by atoms with Crippen LogP contribution in [0.5, 0.6) is 0 Å². The van der Waals surface area contributed by atoms with Crippen molar-refractivity contribution in [1.82, 2.24) is 4.90 Å². The highest BCUT2D eigenvalue weighted by molar-refractivity contribution is 4.82. The summed E-state index contributed by atoms with van der Waals surface area (Å²) in [6, 6.07) is 0.371. The van der Waals surface area contributed by atoms with E-state index in [9.17, 15) is 0 Å². The van der Waals surface area contributed by atoms with Crippen molar-refractivity contribution >= 4 is 0 Å². The first-order valence-electron chi connectivity index (χ1n) is 8.00. The summed E-state index contributed by atoms with van der Waals surface area (Å²) in [6.07, 6.45) is 2.35. The zero-order chi connectivity index (χ0) is 14.6. The van der Waals surface area contributed by atoms with Crippen molar-refractivity contribution in [2.45, 2.75) is 32.7 Å². The second-order valence-electron chi connectivity index (χ2n) is 5.21. The van der Waals surface area contributed by atoms with Gasteiger partial charge in [0.15, 0.2) is 0 Å². The number of nitrogens with two attached hydrogens (primary N) is 1. The Morgan fingerprint density at radius 1 is 1.20 bits per heavy atom. The predicted molar refractivity (Wildman–Crippen MR) is 80.9 cm³/mol. The molecule has 2 N–H and O–H groups in total. The van der Waals surface area contributed by atoms with Gasteiger partial charge in [-0.2, -0.15) is 0 Å². The number of ether oxygens (including phenoxy) is 3. The summed E-state index contributed by atoms with van der Waals surface area (Å²) in [7, 11) is 0. The largest absolute Gasteiger partial charge is 0.381 e. The molecule has 0 radical (unpaired) electrons. The van der Waals surface area contributed by atoms with Crippen molar-refractivity contribution in [3.63, 3.8) is 0 Å². The van der Waals surface area contributed by atoms with E-state index in [1.54, 1.807) is 0 Å². The second-order valence-corrected chi connectivity index (χ2v) is 5.21. The Hall–Kier alpha value is -0.200. The molecule has 1 heterocycles. The van der Waals surface area contributed by atoms with Gasteiger partial charge in [0.2, 0.25) is 0 Å². The van der Waals surface area contributed by atoms with Crippen LogP contribution >= 0.6 is 0 Å². The van der Waals surface area contributed by atoms with Crippen LogP contribution in [0.1, 0.15) is 26.7 Å². The Bertz CT molecular complexity index is 213. The lowest BCUT2D eigenvalue weighted by Crippen LogP contribution is -2.50. The highest BCUT2D eigenvalue weighted by atomic mass is 16.5. The molecule has 0 amide bonds. The number of hydrogen-bond acceptors (Lipinski definition) is 5. The van der Waals surface area contributed by atoms with Gasteiger partial charge in [-0.1, -0.05) is 0 Å². The van der Waals surface area contributed by atoms with Gasteiger partial charge in [0.25, 0.3) is 0 Å². The van der Waals surface area contributed by atoms with Crippen molar-refractivity contribution in [2.24, 2.45) is 11.7 Å². The average molecular weight is 288 g/mol. The number of hydrogen-bond donors (Lipinski definition) is 1. The molecule has 5 nitrogen and oxygen atoms in total. The third kappa shape index (κ3) is 6.50. The van der Waals surface area contributed by atoms with Crippen molar-refractivity contribution < 1.29 is 14.2 Å². The van der Waals surface area contributed by atoms with E-state index in [1.807, 2.05) is 13.8 Å². The van der Waals surface area contributed by atoms with E-state index in [2.05, 4.69) is 4.90 Å². The lowest BCUT2D eigenvalue weighted by Gasteiger charge is -2.38. The van der Waals surface area contributed by atoms with E-state index in [0.717, 1.165) is 59.2 Å². The van der Waals surface area contributed by atoms with Crippen LogP contribution in [0.15, 0.2) is 0 Å². The minimum atomic E-state index is 0.371. The normalized spacial score (nSPS) is 21.3. The SMILES string of the molecule is CCOCCN(CCOCC)C(CN)C1CCCOC1. The molecule has 2 unspecified atom stereocenters. The first kappa shape index (κ1) is 17.9. The number of nitrogens with zero attached hydrogens (tertiary/aromatic N) is 1. The molecule has 1 fully saturated rings. The van der Waals surface area contributed by atoms with E-state index >= 15 is 0 Å². The summed E-state index contributed by atoms with van der Waals surface area (Å²) >= 11 is 0. The molecule has 20 heavy (non-hydrogen) atoms. The highest BCUT2D eigenvalue weighted by Gasteiger charge is 2.28. The molecule has 1 saturated heterocycles. The Morgan fingerprint density at radius 3 is 2.30 bits per heavy atom. The molecular formula is C15H32N2O3. The maximum Gasteiger partial charge on any atom is 0.0593 e. The Labute approximate surface area is 123 Å². The fraction of sp³-hybridized carbons (Fsp3) is 1.00. The minimum absolute atomic E-state index is 0.371. The van der Waals surface area contributed by atoms with Crippen LogP contribution in [0.2, 0.25) is 0 Å². The fourth-order valence-corrected chi connectivity index (χ4v) is 2.80. The lowest BCUT2D eigenvalue weighted by atomic mass is 9.92. The van der Waals surface area contributed by atoms with E-state index in [-0.39, 0.29) is 0 Å². The van der Waals surface area contributed by atoms with Crippen molar-refractivity contribution in [2.75, 3.05) is 59.3 Å². The second kappa shape index (κ2) is 11.5. The van der Waals surface area contributed by atoms with Crippen LogP contribution in [-0.2, 0) is 14.2 Å². The van der Waals surface area contributed by atoms with Gasteiger partial charge in [0.1, 0.15) is 0 Å². The van der Waals surface area contributed by atoms with E-state index in [1.165, 1.54) is 6.42 Å². The molecule has 0 bridgehead atoms. The predicted octanol–water partition coefficient (Wildman–Crippen LogP) is 1.12. The summed E-state index contributed by atoms with van der Waals surface area (Å²) in [4.78, 5) is 2.42. The van der Waals surface area contributed by atoms with Crippen LogP contribution in [0.4, 0.5) is 0 Å². The van der Waals surface area contributed by atoms with Crippen molar-refractivity contribution in [3.8, 4) is 0 Å². The maximum absolute atomic E-state index is 6.03. The molecule has 1 aliphatic heterocycles. The zero-order valence-electron chi connectivity index (χ0n) is 13.2. The van der Waals surface area contributed by atoms with Crippen LogP contribution < -0.4 is 5.73 Å². The molecule has 1 aliphatic rings. The molecule has 2 atom stereocenters. The molecule has 0 aromatic carbocycles. The molecule has 1 rings (SSSR count). The highest BCUT2D eigenvalue weighted by Crippen LogP contribution is 2.21. The summed E-state index contributed by atoms with van der Waals surface area (Å²) in [5, 5.41) is 0. The Balaban J connectivity index is 2.50. The standard InChI is InChI=1S/C15H32N2O3/c1-3-18-10-7-17(8-11-19-4-2)15(12-16)14-6-5-9-20-13-14/h14-15H,3-13,16H2,1-2H3. The van der Waals surface area contributed by atoms with Gasteiger partial charge in [-0.3, -0.25) is 4.90 Å². The van der Waals surface area contributed by atoms with Gasteiger partial charge in [-0.15, -0.1) is 0 Å². The third-order valence-electron chi connectivity index (χ3n) is 3.90. The maximum atomic E-state index is 6.03. The van der Waals surface area contributed by atoms with Gasteiger partial charge < -0.3 is 19.9 Å². The van der Waals surface area contributed by atoms with Gasteiger partial charge in [-0.25, -0.2) is 0 Å². The fourth-order valence-electron chi connectivity index (χ4n) is 2.80. The quantitative estimate of drug-likeness (QED) is 0.577. The van der Waals surface area contributed by atoms with Crippen molar-refractivity contribution in [1.29, 1.82) is 0 Å². The summed E-state index contributed by atoms with van der Waals surface area (Å²) in [5.74, 6) is 0.539. The summed E-state index contributed by atoms with van der Waals surface area (Å²) in [5.41, 5.74) is 6.03. The molecule has 120 valence electrons. The van der Waals surface area contributed by atoms with Crippen LogP contribution in [0.25, 0.3) is 0 Å². The Kier molecular flexibility index (Phi) is 10.2. The van der Waals surface area contributed by atoms with E-state index in [4.69, 9.17) is 19.9 Å². The Morgan fingerprint density at radius 2 is 1.85 bits per heavy atom. The first-order chi connectivity index (χ1) is 9.83. The van der Waals surface area contributed by atoms with Gasteiger partial charge in [0, 0.05) is 45.5 Å². The van der Waals surface area contributed by atoms with Crippen molar-refractivity contribution in [3.05, 3.63) is 0 Å². The molecular weight excluding hydrogens is 256 g/mol. The third-order valence-corrected chi connectivity index (χ3v) is 3.90. The van der Waals surface area contributed by atoms with Crippen LogP contribution in [-0.4, -0.2) is 70.2 Å². The monoisotopic (exact) mass is 288 g/mol. The smallest absolute Gasteiger partial charge is 0.0593 e. The summed E-state index contributed by atoms with van der Waals surface area (Å²) < 4.78 is 16.6. The average Bonchev–Trinajstić information content (AvgIpc) is 2.49. The molecule has 0 aliphatic carbocycles. The van der Waals surface area contributed by atoms with Crippen LogP contribution in [0.3, 0.4) is 0 Å². The van der Waals surface area contributed by atoms with Gasteiger partial charge in [-0.05, 0) is 32.6 Å². The molecule has 0 aromatic heterocycles. The molecule has 5 heteroatoms. The minimum Gasteiger partial charge on any atom is -0.381 e.